The van der Waals surface area contributed by atoms with Crippen molar-refractivity contribution >= 4 is 39.9 Å². The molecule has 10 heteroatoms. The van der Waals surface area contributed by atoms with Gasteiger partial charge in [0.2, 0.25) is 0 Å². The summed E-state index contributed by atoms with van der Waals surface area (Å²) in [6.07, 6.45) is 1.31. The molecule has 3 N–H and O–H groups in total. The van der Waals surface area contributed by atoms with E-state index in [-0.39, 0.29) is 11.7 Å². The minimum atomic E-state index is -0.372. The van der Waals surface area contributed by atoms with E-state index in [9.17, 15) is 5.11 Å². The summed E-state index contributed by atoms with van der Waals surface area (Å²) in [6.45, 7) is 1.83. The van der Waals surface area contributed by atoms with Crippen LogP contribution in [-0.4, -0.2) is 30.3 Å². The van der Waals surface area contributed by atoms with Crippen LogP contribution in [0.5, 0.6) is 5.88 Å². The molecule has 0 amide bonds. The smallest absolute Gasteiger partial charge is 0.255 e. The van der Waals surface area contributed by atoms with Crippen LogP contribution in [0.3, 0.4) is 0 Å². The van der Waals surface area contributed by atoms with Crippen LogP contribution in [0.25, 0.3) is 33.1 Å². The van der Waals surface area contributed by atoms with Crippen LogP contribution in [0.1, 0.15) is 5.01 Å². The first-order valence-electron chi connectivity index (χ1n) is 6.73. The predicted octanol–water partition coefficient (Wildman–Crippen LogP) is 3.05. The van der Waals surface area contributed by atoms with Crippen LogP contribution in [0.15, 0.2) is 22.9 Å². The van der Waals surface area contributed by atoms with Gasteiger partial charge in [0.15, 0.2) is 22.8 Å². The maximum atomic E-state index is 9.88. The molecule has 0 saturated carbocycles. The van der Waals surface area contributed by atoms with Crippen molar-refractivity contribution < 1.29 is 9.52 Å². The van der Waals surface area contributed by atoms with Crippen LogP contribution in [0.2, 0.25) is 5.02 Å². The van der Waals surface area contributed by atoms with Crippen LogP contribution >= 0.6 is 22.9 Å². The second-order valence-corrected chi connectivity index (χ2v) is 6.50. The Balaban J connectivity index is 2.00. The van der Waals surface area contributed by atoms with Crippen LogP contribution in [0.4, 0.5) is 5.82 Å². The van der Waals surface area contributed by atoms with Crippen molar-refractivity contribution in [2.75, 3.05) is 5.73 Å². The molecule has 0 spiro atoms. The molecule has 0 atom stereocenters. The maximum Gasteiger partial charge on any atom is 0.255 e. The summed E-state index contributed by atoms with van der Waals surface area (Å²) in [5.74, 6) is -0.461. The molecule has 0 aliphatic carbocycles. The van der Waals surface area contributed by atoms with E-state index in [0.29, 0.717) is 38.1 Å². The topological polar surface area (TPSA) is 124 Å². The number of nitrogens with two attached hydrogens (primary N) is 1. The summed E-state index contributed by atoms with van der Waals surface area (Å²) < 4.78 is 5.31. The SMILES string of the molecule is Cc1nnc(-c2nc(N)c(O)nc2-c2cc(Cl)c3ncoc3c2)s1. The number of oxazole rings is 1. The monoisotopic (exact) mass is 360 g/mol. The van der Waals surface area contributed by atoms with Crippen LogP contribution < -0.4 is 5.73 Å². The molecule has 0 bridgehead atoms. The lowest BCUT2D eigenvalue weighted by Gasteiger charge is -2.08. The van der Waals surface area contributed by atoms with Gasteiger partial charge in [-0.2, -0.15) is 0 Å². The Kier molecular flexibility index (Phi) is 3.32. The number of aromatic nitrogens is 5. The van der Waals surface area contributed by atoms with Gasteiger partial charge in [0.25, 0.3) is 5.88 Å². The van der Waals surface area contributed by atoms with Gasteiger partial charge in [-0.25, -0.2) is 15.0 Å². The summed E-state index contributed by atoms with van der Waals surface area (Å²) in [5.41, 5.74) is 8.11. The van der Waals surface area contributed by atoms with Crippen LogP contribution in [-0.2, 0) is 0 Å². The second-order valence-electron chi connectivity index (χ2n) is 4.91. The minimum Gasteiger partial charge on any atom is -0.491 e. The van der Waals surface area contributed by atoms with Gasteiger partial charge in [0.05, 0.1) is 5.02 Å². The zero-order valence-corrected chi connectivity index (χ0v) is 13.8. The fraction of sp³-hybridized carbons (Fsp3) is 0.0714. The number of aryl methyl sites for hydroxylation is 1. The quantitative estimate of drug-likeness (QED) is 0.558. The first-order chi connectivity index (χ1) is 11.5. The summed E-state index contributed by atoms with van der Waals surface area (Å²) in [7, 11) is 0. The van der Waals surface area contributed by atoms with Gasteiger partial charge in [0.1, 0.15) is 21.9 Å². The number of nitrogens with zero attached hydrogens (tertiary/aromatic N) is 5. The summed E-state index contributed by atoms with van der Waals surface area (Å²) in [6, 6.07) is 3.38. The third-order valence-corrected chi connectivity index (χ3v) is 4.43. The Morgan fingerprint density at radius 3 is 2.79 bits per heavy atom. The van der Waals surface area contributed by atoms with Crippen molar-refractivity contribution in [2.45, 2.75) is 6.92 Å². The van der Waals surface area contributed by atoms with Crippen molar-refractivity contribution in [1.82, 2.24) is 25.1 Å². The van der Waals surface area contributed by atoms with E-state index >= 15 is 0 Å². The standard InChI is InChI=1S/C14H9ClN6O2S/c1-5-20-21-14(24-5)11-9(19-13(22)12(16)18-11)6-2-7(15)10-8(3-6)23-4-17-10/h2-4H,1H3,(H2,16,18)(H,19,22). The molecule has 24 heavy (non-hydrogen) atoms. The van der Waals surface area contributed by atoms with E-state index in [2.05, 4.69) is 25.1 Å². The zero-order valence-electron chi connectivity index (χ0n) is 12.2. The van der Waals surface area contributed by atoms with Gasteiger partial charge in [-0.15, -0.1) is 10.2 Å². The van der Waals surface area contributed by atoms with Gasteiger partial charge in [-0.3, -0.25) is 0 Å². The number of nitrogen functional groups attached to an aromatic ring is 1. The molecule has 1 aromatic carbocycles. The van der Waals surface area contributed by atoms with Crippen LogP contribution in [0, 0.1) is 6.92 Å². The second kappa shape index (κ2) is 5.39. The number of benzene rings is 1. The highest BCUT2D eigenvalue weighted by atomic mass is 35.5. The molecular weight excluding hydrogens is 352 g/mol. The molecule has 0 aliphatic rings. The van der Waals surface area contributed by atoms with E-state index in [4.69, 9.17) is 21.8 Å². The average molecular weight is 361 g/mol. The van der Waals surface area contributed by atoms with Crippen molar-refractivity contribution in [1.29, 1.82) is 0 Å². The maximum absolute atomic E-state index is 9.88. The summed E-state index contributed by atoms with van der Waals surface area (Å²) in [5, 5.41) is 19.6. The fourth-order valence-electron chi connectivity index (χ4n) is 2.24. The lowest BCUT2D eigenvalue weighted by molar-refractivity contribution is 0.455. The lowest BCUT2D eigenvalue weighted by Crippen LogP contribution is -1.99. The van der Waals surface area contributed by atoms with E-state index < -0.39 is 0 Å². The molecule has 0 fully saturated rings. The molecule has 0 radical (unpaired) electrons. The van der Waals surface area contributed by atoms with Gasteiger partial charge < -0.3 is 15.3 Å². The first-order valence-corrected chi connectivity index (χ1v) is 7.92. The predicted molar refractivity (Wildman–Crippen MR) is 89.8 cm³/mol. The Morgan fingerprint density at radius 1 is 1.21 bits per heavy atom. The van der Waals surface area contributed by atoms with Crippen molar-refractivity contribution in [2.24, 2.45) is 0 Å². The molecule has 8 nitrogen and oxygen atoms in total. The minimum absolute atomic E-state index is 0.0894. The summed E-state index contributed by atoms with van der Waals surface area (Å²) >= 11 is 7.59. The van der Waals surface area contributed by atoms with Crippen molar-refractivity contribution in [3.63, 3.8) is 0 Å². The first kappa shape index (κ1) is 14.8. The van der Waals surface area contributed by atoms with Gasteiger partial charge >= 0.3 is 0 Å². The van der Waals surface area contributed by atoms with E-state index in [1.165, 1.54) is 17.7 Å². The normalized spacial score (nSPS) is 11.2. The number of rotatable bonds is 2. The number of hydrogen-bond acceptors (Lipinski definition) is 9. The molecule has 3 heterocycles. The van der Waals surface area contributed by atoms with Crippen molar-refractivity contribution in [3.05, 3.63) is 28.6 Å². The van der Waals surface area contributed by atoms with Gasteiger partial charge in [-0.05, 0) is 19.1 Å². The van der Waals surface area contributed by atoms with Gasteiger partial charge in [-0.1, -0.05) is 22.9 Å². The number of aromatic hydroxyl groups is 1. The molecule has 0 aliphatic heterocycles. The summed E-state index contributed by atoms with van der Waals surface area (Å²) in [4.78, 5) is 12.4. The lowest BCUT2D eigenvalue weighted by atomic mass is 10.1. The largest absolute Gasteiger partial charge is 0.491 e. The Hall–Kier alpha value is -2.78. The highest BCUT2D eigenvalue weighted by Gasteiger charge is 2.20. The Bertz CT molecular complexity index is 1080. The number of anilines is 1. The van der Waals surface area contributed by atoms with E-state index in [1.54, 1.807) is 12.1 Å². The average Bonchev–Trinajstić information content (AvgIpc) is 3.18. The number of fused-ring (bicyclic) bond motifs is 1. The molecule has 3 aromatic heterocycles. The molecule has 4 aromatic rings. The third-order valence-electron chi connectivity index (χ3n) is 3.30. The molecule has 0 saturated heterocycles. The molecule has 120 valence electrons. The van der Waals surface area contributed by atoms with E-state index in [1.807, 2.05) is 6.92 Å². The molecule has 4 rings (SSSR count). The highest BCUT2D eigenvalue weighted by molar-refractivity contribution is 7.14. The Labute approximate surface area is 144 Å². The number of halogens is 1. The van der Waals surface area contributed by atoms with Crippen molar-refractivity contribution in [3.8, 4) is 27.8 Å². The zero-order chi connectivity index (χ0) is 16.8. The highest BCUT2D eigenvalue weighted by Crippen LogP contribution is 2.36. The molecular formula is C14H9ClN6O2S. The van der Waals surface area contributed by atoms with Gasteiger partial charge in [0, 0.05) is 5.56 Å². The molecule has 0 unspecified atom stereocenters. The number of hydrogen-bond donors (Lipinski definition) is 2. The third kappa shape index (κ3) is 2.34. The Morgan fingerprint density at radius 2 is 2.04 bits per heavy atom. The fourth-order valence-corrected chi connectivity index (χ4v) is 3.19. The van der Waals surface area contributed by atoms with E-state index in [0.717, 1.165) is 5.01 Å².